The Bertz CT molecular complexity index is 1750. The fourth-order valence-electron chi connectivity index (χ4n) is 5.19. The number of H-pyrrole nitrogens is 1. The van der Waals surface area contributed by atoms with E-state index in [-0.39, 0.29) is 29.2 Å². The van der Waals surface area contributed by atoms with Crippen molar-refractivity contribution in [3.05, 3.63) is 97.4 Å². The summed E-state index contributed by atoms with van der Waals surface area (Å²) in [5, 5.41) is 3.12. The van der Waals surface area contributed by atoms with Crippen molar-refractivity contribution in [2.24, 2.45) is 5.92 Å². The Morgan fingerprint density at radius 3 is 2.45 bits per heavy atom. The van der Waals surface area contributed by atoms with E-state index >= 15 is 0 Å². The number of rotatable bonds is 7. The maximum absolute atomic E-state index is 13.9. The fraction of sp³-hybridized carbons (Fsp3) is 0.200. The number of halogens is 1. The number of anilines is 2. The van der Waals surface area contributed by atoms with Crippen molar-refractivity contribution >= 4 is 63.8 Å². The molecule has 0 aliphatic carbocycles. The number of nitrogens with one attached hydrogen (secondary N) is 2. The second-order valence-electron chi connectivity index (χ2n) is 9.85. The summed E-state index contributed by atoms with van der Waals surface area (Å²) in [6.45, 7) is 1.71. The van der Waals surface area contributed by atoms with Gasteiger partial charge in [-0.15, -0.1) is 0 Å². The van der Waals surface area contributed by atoms with E-state index in [0.29, 0.717) is 43.4 Å². The highest BCUT2D eigenvalue weighted by molar-refractivity contribution is 8.00. The number of hydrogen-bond donors (Lipinski definition) is 2. The first-order chi connectivity index (χ1) is 20.2. The molecule has 12 heteroatoms. The average Bonchev–Trinajstić information content (AvgIpc) is 3.47. The molecule has 0 spiro atoms. The molecule has 2 aliphatic heterocycles. The topological polar surface area (TPSA) is 118 Å². The number of hydrogen-bond acceptors (Lipinski definition) is 8. The van der Waals surface area contributed by atoms with Crippen LogP contribution >= 0.6 is 34.7 Å². The van der Waals surface area contributed by atoms with Crippen LogP contribution in [0.25, 0.3) is 0 Å². The third-order valence-corrected chi connectivity index (χ3v) is 9.80. The third-order valence-electron chi connectivity index (χ3n) is 7.15. The van der Waals surface area contributed by atoms with E-state index in [1.165, 1.54) is 23.8 Å². The van der Waals surface area contributed by atoms with Gasteiger partial charge in [-0.25, -0.2) is 4.90 Å². The Morgan fingerprint density at radius 2 is 1.74 bits per heavy atom. The number of methoxy groups -OCH3 is 1. The van der Waals surface area contributed by atoms with Crippen LogP contribution in [0.15, 0.2) is 76.6 Å². The second-order valence-corrected chi connectivity index (χ2v) is 12.5. The summed E-state index contributed by atoms with van der Waals surface area (Å²) >= 11 is 8.25. The number of amides is 3. The zero-order valence-electron chi connectivity index (χ0n) is 22.4. The van der Waals surface area contributed by atoms with Crippen molar-refractivity contribution in [3.63, 3.8) is 0 Å². The molecule has 2 unspecified atom stereocenters. The van der Waals surface area contributed by atoms with Crippen LogP contribution in [0.2, 0.25) is 5.02 Å². The molecule has 0 radical (unpaired) electrons. The zero-order chi connectivity index (χ0) is 29.5. The summed E-state index contributed by atoms with van der Waals surface area (Å²) in [5.41, 5.74) is 2.85. The van der Waals surface area contributed by atoms with Gasteiger partial charge in [0.1, 0.15) is 5.25 Å². The predicted octanol–water partition coefficient (Wildman–Crippen LogP) is 5.22. The molecule has 2 aliphatic rings. The van der Waals surface area contributed by atoms with Crippen molar-refractivity contribution in [2.45, 2.75) is 23.1 Å². The number of aromatic amines is 1. The first kappa shape index (κ1) is 28.1. The van der Waals surface area contributed by atoms with Crippen LogP contribution in [0.3, 0.4) is 0 Å². The maximum atomic E-state index is 13.9. The minimum atomic E-state index is -0.756. The van der Waals surface area contributed by atoms with Crippen molar-refractivity contribution in [3.8, 4) is 11.5 Å². The quantitative estimate of drug-likeness (QED) is 0.272. The number of benzene rings is 3. The molecule has 214 valence electrons. The Kier molecular flexibility index (Phi) is 7.56. The molecular weight excluding hydrogens is 598 g/mol. The molecule has 4 aromatic rings. The van der Waals surface area contributed by atoms with Crippen LogP contribution in [0, 0.1) is 12.8 Å². The number of nitrogens with zero attached hydrogens (tertiary/aromatic N) is 1. The maximum Gasteiger partial charge on any atom is 0.305 e. The van der Waals surface area contributed by atoms with E-state index in [1.807, 2.05) is 31.2 Å². The number of carbonyl (C=O) groups excluding carboxylic acids is 3. The minimum absolute atomic E-state index is 0.249. The molecule has 0 saturated carbocycles. The summed E-state index contributed by atoms with van der Waals surface area (Å²) < 4.78 is 11.4. The average molecular weight is 622 g/mol. The van der Waals surface area contributed by atoms with Gasteiger partial charge >= 0.3 is 4.87 Å². The van der Waals surface area contributed by atoms with Crippen LogP contribution < -0.4 is 24.6 Å². The molecule has 3 amide bonds. The number of thioether (sulfide) groups is 1. The van der Waals surface area contributed by atoms with Gasteiger partial charge in [0, 0.05) is 21.5 Å². The molecule has 0 bridgehead atoms. The number of aromatic nitrogens is 1. The fourth-order valence-corrected chi connectivity index (χ4v) is 7.84. The lowest BCUT2D eigenvalue weighted by molar-refractivity contribution is -0.122. The molecule has 3 aromatic carbocycles. The number of aryl methyl sites for hydroxylation is 1. The van der Waals surface area contributed by atoms with Gasteiger partial charge < -0.3 is 19.8 Å². The molecule has 3 heterocycles. The van der Waals surface area contributed by atoms with Crippen molar-refractivity contribution in [1.29, 1.82) is 0 Å². The number of ether oxygens (including phenoxy) is 2. The van der Waals surface area contributed by atoms with Gasteiger partial charge in [0.25, 0.3) is 5.91 Å². The first-order valence-electron chi connectivity index (χ1n) is 12.9. The standard InChI is InChI=1S/C30H24ClN3O6S2/c1-15-3-8-18(9-4-15)32-22(35)14-40-20-12-5-16(13-21(20)39-2)23-24-26(41-27-25(23)42-30(38)33-27)29(37)34(28(24)36)19-10-6-17(31)7-11-19/h3-13,23-24,26H,14H2,1-2H3,(H,32,35)(H,33,38)/t23-,24?,26?/m1/s1. The largest absolute Gasteiger partial charge is 0.493 e. The number of imide groups is 1. The summed E-state index contributed by atoms with van der Waals surface area (Å²) in [5.74, 6) is -1.71. The van der Waals surface area contributed by atoms with E-state index in [2.05, 4.69) is 10.3 Å². The van der Waals surface area contributed by atoms with Gasteiger partial charge in [-0.3, -0.25) is 19.2 Å². The van der Waals surface area contributed by atoms with Gasteiger partial charge in [-0.1, -0.05) is 58.5 Å². The summed E-state index contributed by atoms with van der Waals surface area (Å²) in [7, 11) is 1.48. The monoisotopic (exact) mass is 621 g/mol. The van der Waals surface area contributed by atoms with Crippen LogP contribution in [0.1, 0.15) is 21.9 Å². The second kappa shape index (κ2) is 11.3. The number of carbonyl (C=O) groups is 3. The van der Waals surface area contributed by atoms with E-state index in [4.69, 9.17) is 21.1 Å². The number of thiazole rings is 1. The summed E-state index contributed by atoms with van der Waals surface area (Å²) in [6, 6.07) is 19.1. The number of fused-ring (bicyclic) bond motifs is 2. The molecule has 3 atom stereocenters. The highest BCUT2D eigenvalue weighted by Gasteiger charge is 2.56. The Labute approximate surface area is 253 Å². The van der Waals surface area contributed by atoms with Gasteiger partial charge in [0.15, 0.2) is 18.1 Å². The molecule has 6 rings (SSSR count). The molecule has 2 N–H and O–H groups in total. The van der Waals surface area contributed by atoms with Crippen LogP contribution in [0.4, 0.5) is 11.4 Å². The Morgan fingerprint density at radius 1 is 1.00 bits per heavy atom. The van der Waals surface area contributed by atoms with Gasteiger partial charge in [-0.05, 0) is 61.0 Å². The molecule has 9 nitrogen and oxygen atoms in total. The lowest BCUT2D eigenvalue weighted by Crippen LogP contribution is -2.32. The van der Waals surface area contributed by atoms with Gasteiger partial charge in [0.05, 0.1) is 23.7 Å². The zero-order valence-corrected chi connectivity index (χ0v) is 24.8. The Balaban J connectivity index is 1.29. The molecule has 1 saturated heterocycles. The molecule has 42 heavy (non-hydrogen) atoms. The van der Waals surface area contributed by atoms with Crippen molar-refractivity contribution < 1.29 is 23.9 Å². The van der Waals surface area contributed by atoms with E-state index in [9.17, 15) is 19.2 Å². The lowest BCUT2D eigenvalue weighted by atomic mass is 9.83. The van der Waals surface area contributed by atoms with Crippen molar-refractivity contribution in [1.82, 2.24) is 4.98 Å². The predicted molar refractivity (Wildman–Crippen MR) is 162 cm³/mol. The summed E-state index contributed by atoms with van der Waals surface area (Å²) in [6.07, 6.45) is 0. The normalized spacial score (nSPS) is 19.3. The van der Waals surface area contributed by atoms with Gasteiger partial charge in [0.2, 0.25) is 11.8 Å². The molecule has 1 aromatic heterocycles. The highest BCUT2D eigenvalue weighted by atomic mass is 35.5. The van der Waals surface area contributed by atoms with E-state index in [1.54, 1.807) is 42.5 Å². The van der Waals surface area contributed by atoms with Crippen LogP contribution in [-0.2, 0) is 14.4 Å². The highest BCUT2D eigenvalue weighted by Crippen LogP contribution is 2.53. The lowest BCUT2D eigenvalue weighted by Gasteiger charge is -2.30. The van der Waals surface area contributed by atoms with Crippen molar-refractivity contribution in [2.75, 3.05) is 23.9 Å². The summed E-state index contributed by atoms with van der Waals surface area (Å²) in [4.78, 5) is 56.8. The first-order valence-corrected chi connectivity index (χ1v) is 15.0. The van der Waals surface area contributed by atoms with Gasteiger partial charge in [-0.2, -0.15) is 0 Å². The van der Waals surface area contributed by atoms with Crippen LogP contribution in [-0.4, -0.2) is 41.7 Å². The Hall–Kier alpha value is -4.06. The minimum Gasteiger partial charge on any atom is -0.493 e. The van der Waals surface area contributed by atoms with Crippen LogP contribution in [0.5, 0.6) is 11.5 Å². The smallest absolute Gasteiger partial charge is 0.305 e. The third kappa shape index (κ3) is 5.19. The van der Waals surface area contributed by atoms with E-state index < -0.39 is 17.1 Å². The SMILES string of the molecule is COc1cc([C@H]2c3sc(=O)[nH]c3SC3C(=O)N(c4ccc(Cl)cc4)C(=O)C32)ccc1OCC(=O)Nc1ccc(C)cc1. The molecule has 1 fully saturated rings. The molecular formula is C30H24ClN3O6S2. The van der Waals surface area contributed by atoms with E-state index in [0.717, 1.165) is 16.9 Å².